The molecule has 15 heavy (non-hydrogen) atoms. The zero-order chi connectivity index (χ0) is 10.8. The fraction of sp³-hybridized carbons (Fsp3) is 0.200. The molecular formula is C10H10FN3O. The van der Waals surface area contributed by atoms with Crippen molar-refractivity contribution in [2.75, 3.05) is 0 Å². The Morgan fingerprint density at radius 1 is 1.47 bits per heavy atom. The molecule has 5 heteroatoms. The van der Waals surface area contributed by atoms with E-state index < -0.39 is 11.9 Å². The number of rotatable bonds is 2. The van der Waals surface area contributed by atoms with E-state index in [1.807, 2.05) is 0 Å². The highest BCUT2D eigenvalue weighted by Crippen LogP contribution is 2.23. The average Bonchev–Trinajstić information content (AvgIpc) is 2.69. The Balaban J connectivity index is 2.61. The van der Waals surface area contributed by atoms with Crippen LogP contribution in [0, 0.1) is 5.82 Å². The highest BCUT2D eigenvalue weighted by Gasteiger charge is 2.14. The predicted molar refractivity (Wildman–Crippen MR) is 52.0 cm³/mol. The van der Waals surface area contributed by atoms with Crippen LogP contribution in [-0.4, -0.2) is 19.9 Å². The SMILES string of the molecule is C[C@@H](O)c1c(F)cccc1-n1cncn1. The highest BCUT2D eigenvalue weighted by molar-refractivity contribution is 5.42. The minimum Gasteiger partial charge on any atom is -0.389 e. The van der Waals surface area contributed by atoms with E-state index in [9.17, 15) is 9.50 Å². The molecule has 0 amide bonds. The summed E-state index contributed by atoms with van der Waals surface area (Å²) in [6.07, 6.45) is 1.93. The van der Waals surface area contributed by atoms with Gasteiger partial charge in [0.1, 0.15) is 18.5 Å². The zero-order valence-corrected chi connectivity index (χ0v) is 8.13. The molecule has 0 radical (unpaired) electrons. The van der Waals surface area contributed by atoms with Gasteiger partial charge in [-0.3, -0.25) is 0 Å². The Hall–Kier alpha value is -1.75. The summed E-state index contributed by atoms with van der Waals surface area (Å²) in [5.41, 5.74) is 0.727. The van der Waals surface area contributed by atoms with Crippen LogP contribution in [0.25, 0.3) is 5.69 Å². The molecule has 0 unspecified atom stereocenters. The summed E-state index contributed by atoms with van der Waals surface area (Å²) < 4.78 is 14.9. The van der Waals surface area contributed by atoms with E-state index in [2.05, 4.69) is 10.1 Å². The van der Waals surface area contributed by atoms with Gasteiger partial charge in [-0.25, -0.2) is 14.1 Å². The number of hydrogen-bond donors (Lipinski definition) is 1. The van der Waals surface area contributed by atoms with Crippen molar-refractivity contribution in [3.63, 3.8) is 0 Å². The fourth-order valence-corrected chi connectivity index (χ4v) is 1.47. The van der Waals surface area contributed by atoms with Crippen molar-refractivity contribution >= 4 is 0 Å². The second kappa shape index (κ2) is 3.78. The zero-order valence-electron chi connectivity index (χ0n) is 8.13. The topological polar surface area (TPSA) is 50.9 Å². The maximum absolute atomic E-state index is 13.5. The van der Waals surface area contributed by atoms with E-state index >= 15 is 0 Å². The first-order valence-electron chi connectivity index (χ1n) is 4.51. The number of hydrogen-bond acceptors (Lipinski definition) is 3. The molecule has 1 atom stereocenters. The molecule has 1 aromatic carbocycles. The van der Waals surface area contributed by atoms with Crippen molar-refractivity contribution in [2.45, 2.75) is 13.0 Å². The summed E-state index contributed by atoms with van der Waals surface area (Å²) in [6, 6.07) is 4.56. The van der Waals surface area contributed by atoms with E-state index in [0.29, 0.717) is 5.69 Å². The van der Waals surface area contributed by atoms with Gasteiger partial charge in [0.2, 0.25) is 0 Å². The number of aromatic nitrogens is 3. The van der Waals surface area contributed by atoms with Crippen molar-refractivity contribution in [1.29, 1.82) is 0 Å². The summed E-state index contributed by atoms with van der Waals surface area (Å²) in [6.45, 7) is 1.51. The number of aliphatic hydroxyl groups is 1. The molecule has 0 spiro atoms. The molecule has 1 N–H and O–H groups in total. The molecule has 0 aliphatic carbocycles. The number of aliphatic hydroxyl groups excluding tert-OH is 1. The lowest BCUT2D eigenvalue weighted by Gasteiger charge is -2.12. The van der Waals surface area contributed by atoms with Crippen LogP contribution in [0.5, 0.6) is 0 Å². The van der Waals surface area contributed by atoms with Gasteiger partial charge in [-0.05, 0) is 19.1 Å². The second-order valence-corrected chi connectivity index (χ2v) is 3.19. The third kappa shape index (κ3) is 1.73. The Bertz CT molecular complexity index is 454. The van der Waals surface area contributed by atoms with Gasteiger partial charge in [-0.2, -0.15) is 5.10 Å². The lowest BCUT2D eigenvalue weighted by atomic mass is 10.1. The van der Waals surface area contributed by atoms with Crippen LogP contribution in [-0.2, 0) is 0 Å². The van der Waals surface area contributed by atoms with Crippen LogP contribution < -0.4 is 0 Å². The molecule has 2 rings (SSSR count). The van der Waals surface area contributed by atoms with Crippen LogP contribution in [0.2, 0.25) is 0 Å². The van der Waals surface area contributed by atoms with E-state index in [1.54, 1.807) is 12.1 Å². The maximum Gasteiger partial charge on any atom is 0.138 e. The predicted octanol–water partition coefficient (Wildman–Crippen LogP) is 1.46. The van der Waals surface area contributed by atoms with E-state index in [0.717, 1.165) is 0 Å². The van der Waals surface area contributed by atoms with E-state index in [-0.39, 0.29) is 5.56 Å². The molecule has 0 fully saturated rings. The van der Waals surface area contributed by atoms with Crippen molar-refractivity contribution in [1.82, 2.24) is 14.8 Å². The van der Waals surface area contributed by atoms with E-state index in [1.165, 1.54) is 30.3 Å². The number of nitrogens with zero attached hydrogens (tertiary/aromatic N) is 3. The summed E-state index contributed by atoms with van der Waals surface area (Å²) in [5, 5.41) is 13.4. The van der Waals surface area contributed by atoms with Crippen molar-refractivity contribution in [3.8, 4) is 5.69 Å². The van der Waals surface area contributed by atoms with Crippen LogP contribution in [0.3, 0.4) is 0 Å². The standard InChI is InChI=1S/C10H10FN3O/c1-7(15)10-8(11)3-2-4-9(10)14-6-12-5-13-14/h2-7,15H,1H3/t7-/m1/s1. The first-order valence-corrected chi connectivity index (χ1v) is 4.51. The number of halogens is 1. The smallest absolute Gasteiger partial charge is 0.138 e. The summed E-state index contributed by atoms with van der Waals surface area (Å²) >= 11 is 0. The molecule has 1 heterocycles. The van der Waals surface area contributed by atoms with Crippen LogP contribution >= 0.6 is 0 Å². The molecule has 4 nitrogen and oxygen atoms in total. The molecular weight excluding hydrogens is 197 g/mol. The quantitative estimate of drug-likeness (QED) is 0.811. The van der Waals surface area contributed by atoms with Crippen LogP contribution in [0.4, 0.5) is 4.39 Å². The lowest BCUT2D eigenvalue weighted by molar-refractivity contribution is 0.194. The van der Waals surface area contributed by atoms with Gasteiger partial charge in [0.05, 0.1) is 11.8 Å². The Morgan fingerprint density at radius 3 is 2.87 bits per heavy atom. The molecule has 0 aliphatic heterocycles. The van der Waals surface area contributed by atoms with Gasteiger partial charge in [0.15, 0.2) is 0 Å². The van der Waals surface area contributed by atoms with Crippen molar-refractivity contribution < 1.29 is 9.50 Å². The molecule has 0 saturated heterocycles. The third-order valence-corrected chi connectivity index (χ3v) is 2.11. The molecule has 1 aromatic heterocycles. The minimum absolute atomic E-state index is 0.225. The number of benzene rings is 1. The van der Waals surface area contributed by atoms with Gasteiger partial charge >= 0.3 is 0 Å². The third-order valence-electron chi connectivity index (χ3n) is 2.11. The molecule has 0 saturated carbocycles. The Labute approximate surface area is 86.0 Å². The monoisotopic (exact) mass is 207 g/mol. The van der Waals surface area contributed by atoms with Crippen molar-refractivity contribution in [2.24, 2.45) is 0 Å². The molecule has 0 bridgehead atoms. The second-order valence-electron chi connectivity index (χ2n) is 3.19. The summed E-state index contributed by atoms with van der Waals surface area (Å²) in [4.78, 5) is 3.78. The van der Waals surface area contributed by atoms with E-state index in [4.69, 9.17) is 0 Å². The molecule has 0 aliphatic rings. The highest BCUT2D eigenvalue weighted by atomic mass is 19.1. The van der Waals surface area contributed by atoms with Crippen molar-refractivity contribution in [3.05, 3.63) is 42.2 Å². The van der Waals surface area contributed by atoms with Gasteiger partial charge in [-0.15, -0.1) is 0 Å². The Morgan fingerprint density at radius 2 is 2.27 bits per heavy atom. The lowest BCUT2D eigenvalue weighted by Crippen LogP contribution is -2.05. The van der Waals surface area contributed by atoms with Crippen LogP contribution in [0.1, 0.15) is 18.6 Å². The maximum atomic E-state index is 13.5. The summed E-state index contributed by atoms with van der Waals surface area (Å²) in [7, 11) is 0. The normalized spacial score (nSPS) is 12.7. The molecule has 2 aromatic rings. The Kier molecular flexibility index (Phi) is 2.47. The summed E-state index contributed by atoms with van der Waals surface area (Å²) in [5.74, 6) is -0.446. The van der Waals surface area contributed by atoms with Crippen LogP contribution in [0.15, 0.2) is 30.9 Å². The largest absolute Gasteiger partial charge is 0.389 e. The molecule has 78 valence electrons. The van der Waals surface area contributed by atoms with Gasteiger partial charge in [-0.1, -0.05) is 6.07 Å². The fourth-order valence-electron chi connectivity index (χ4n) is 1.47. The average molecular weight is 207 g/mol. The van der Waals surface area contributed by atoms with Gasteiger partial charge in [0, 0.05) is 5.56 Å². The first-order chi connectivity index (χ1) is 7.20. The van der Waals surface area contributed by atoms with Gasteiger partial charge < -0.3 is 5.11 Å². The minimum atomic E-state index is -0.884. The first kappa shape index (κ1) is 9.79. The van der Waals surface area contributed by atoms with Gasteiger partial charge in [0.25, 0.3) is 0 Å².